The van der Waals surface area contributed by atoms with E-state index in [1.807, 2.05) is 11.8 Å². The molecule has 1 fully saturated rings. The Morgan fingerprint density at radius 3 is 2.68 bits per heavy atom. The Morgan fingerprint density at radius 1 is 1.32 bits per heavy atom. The molecular formula is C15H25N3S. The Balaban J connectivity index is 1.85. The van der Waals surface area contributed by atoms with Gasteiger partial charge < -0.3 is 4.90 Å². The highest BCUT2D eigenvalue weighted by atomic mass is 32.2. The summed E-state index contributed by atoms with van der Waals surface area (Å²) in [4.78, 5) is 11.4. The molecule has 0 amide bonds. The first-order valence-corrected chi connectivity index (χ1v) is 8.41. The van der Waals surface area contributed by atoms with Gasteiger partial charge in [0.2, 0.25) is 0 Å². The summed E-state index contributed by atoms with van der Waals surface area (Å²) >= 11 is 1.93. The van der Waals surface area contributed by atoms with E-state index in [1.54, 1.807) is 6.33 Å². The lowest BCUT2D eigenvalue weighted by Gasteiger charge is -2.39. The van der Waals surface area contributed by atoms with Gasteiger partial charge >= 0.3 is 0 Å². The van der Waals surface area contributed by atoms with E-state index in [0.29, 0.717) is 0 Å². The molecule has 2 heterocycles. The van der Waals surface area contributed by atoms with Crippen LogP contribution in [-0.4, -0.2) is 46.5 Å². The van der Waals surface area contributed by atoms with Crippen LogP contribution in [-0.2, 0) is 11.8 Å². The summed E-state index contributed by atoms with van der Waals surface area (Å²) in [5.74, 6) is 2.03. The van der Waals surface area contributed by atoms with Gasteiger partial charge in [-0.05, 0) is 24.7 Å². The van der Waals surface area contributed by atoms with Gasteiger partial charge in [-0.15, -0.1) is 0 Å². The van der Waals surface area contributed by atoms with E-state index in [1.165, 1.54) is 31.1 Å². The van der Waals surface area contributed by atoms with Crippen molar-refractivity contribution < 1.29 is 0 Å². The minimum Gasteiger partial charge on any atom is -0.302 e. The average molecular weight is 279 g/mol. The Bertz CT molecular complexity index is 408. The van der Waals surface area contributed by atoms with Crippen molar-refractivity contribution in [2.45, 2.75) is 32.6 Å². The molecule has 0 aliphatic carbocycles. The van der Waals surface area contributed by atoms with Crippen LogP contribution in [0.3, 0.4) is 0 Å². The van der Waals surface area contributed by atoms with Crippen molar-refractivity contribution >= 4 is 11.8 Å². The molecule has 4 heteroatoms. The lowest BCUT2D eigenvalue weighted by Crippen LogP contribution is -2.48. The van der Waals surface area contributed by atoms with Gasteiger partial charge in [-0.2, -0.15) is 11.8 Å². The van der Waals surface area contributed by atoms with Crippen LogP contribution < -0.4 is 0 Å². The van der Waals surface area contributed by atoms with Crippen LogP contribution in [0.4, 0.5) is 0 Å². The van der Waals surface area contributed by atoms with E-state index >= 15 is 0 Å². The standard InChI is InChI=1S/C15H25N3S/c1-15(2,3)14-8-13(16-11-17-14)7-12-9-18(10-12)5-6-19-4/h8,11-12H,5-7,9-10H2,1-4H3. The maximum absolute atomic E-state index is 4.43. The highest BCUT2D eigenvalue weighted by molar-refractivity contribution is 7.98. The summed E-state index contributed by atoms with van der Waals surface area (Å²) < 4.78 is 0. The number of nitrogens with zero attached hydrogens (tertiary/aromatic N) is 3. The molecule has 0 radical (unpaired) electrons. The second-order valence-electron chi connectivity index (χ2n) is 6.47. The summed E-state index contributed by atoms with van der Waals surface area (Å²) in [5.41, 5.74) is 2.47. The first-order valence-electron chi connectivity index (χ1n) is 7.01. The molecule has 19 heavy (non-hydrogen) atoms. The molecule has 2 rings (SSSR count). The third kappa shape index (κ3) is 4.18. The summed E-state index contributed by atoms with van der Waals surface area (Å²) in [6, 6.07) is 2.19. The van der Waals surface area contributed by atoms with Crippen molar-refractivity contribution in [3.63, 3.8) is 0 Å². The molecule has 0 N–H and O–H groups in total. The van der Waals surface area contributed by atoms with E-state index in [0.717, 1.165) is 18.0 Å². The SMILES string of the molecule is CSCCN1CC(Cc2cc(C(C)(C)C)ncn2)C1. The lowest BCUT2D eigenvalue weighted by atomic mass is 9.89. The van der Waals surface area contributed by atoms with Gasteiger partial charge in [-0.3, -0.25) is 0 Å². The number of rotatable bonds is 5. The van der Waals surface area contributed by atoms with Crippen molar-refractivity contribution in [2.24, 2.45) is 5.92 Å². The van der Waals surface area contributed by atoms with Crippen molar-refractivity contribution in [2.75, 3.05) is 31.6 Å². The summed E-state index contributed by atoms with van der Waals surface area (Å²) in [5, 5.41) is 0. The first-order chi connectivity index (χ1) is 8.99. The Kier molecular flexibility index (Phi) is 4.85. The lowest BCUT2D eigenvalue weighted by molar-refractivity contribution is 0.108. The molecule has 0 spiro atoms. The van der Waals surface area contributed by atoms with E-state index < -0.39 is 0 Å². The minimum atomic E-state index is 0.113. The molecule has 106 valence electrons. The maximum atomic E-state index is 4.43. The highest BCUT2D eigenvalue weighted by Gasteiger charge is 2.27. The van der Waals surface area contributed by atoms with Crippen molar-refractivity contribution in [1.29, 1.82) is 0 Å². The third-order valence-electron chi connectivity index (χ3n) is 3.63. The largest absolute Gasteiger partial charge is 0.302 e. The monoisotopic (exact) mass is 279 g/mol. The normalized spacial score (nSPS) is 17.5. The third-order valence-corrected chi connectivity index (χ3v) is 4.23. The molecule has 0 aromatic carbocycles. The Labute approximate surface area is 121 Å². The van der Waals surface area contributed by atoms with E-state index in [9.17, 15) is 0 Å². The number of thioether (sulfide) groups is 1. The second-order valence-corrected chi connectivity index (χ2v) is 7.45. The topological polar surface area (TPSA) is 29.0 Å². The van der Waals surface area contributed by atoms with Gasteiger partial charge in [0.15, 0.2) is 0 Å². The van der Waals surface area contributed by atoms with Gasteiger partial charge in [0.25, 0.3) is 0 Å². The average Bonchev–Trinajstić information content (AvgIpc) is 2.31. The molecule has 0 unspecified atom stereocenters. The summed E-state index contributed by atoms with van der Waals surface area (Å²) in [7, 11) is 0. The van der Waals surface area contributed by atoms with Gasteiger partial charge in [-0.25, -0.2) is 9.97 Å². The molecule has 0 saturated carbocycles. The predicted molar refractivity (Wildman–Crippen MR) is 82.7 cm³/mol. The van der Waals surface area contributed by atoms with E-state index in [-0.39, 0.29) is 5.41 Å². The molecule has 0 atom stereocenters. The number of hydrogen-bond donors (Lipinski definition) is 0. The summed E-state index contributed by atoms with van der Waals surface area (Å²) in [6.45, 7) is 10.3. The van der Waals surface area contributed by atoms with Crippen molar-refractivity contribution in [3.05, 3.63) is 23.8 Å². The van der Waals surface area contributed by atoms with Crippen LogP contribution in [0.1, 0.15) is 32.2 Å². The zero-order valence-electron chi connectivity index (χ0n) is 12.5. The first kappa shape index (κ1) is 14.8. The van der Waals surface area contributed by atoms with E-state index in [4.69, 9.17) is 0 Å². The molecule has 1 saturated heterocycles. The molecule has 1 aliphatic rings. The fourth-order valence-electron chi connectivity index (χ4n) is 2.42. The highest BCUT2D eigenvalue weighted by Crippen LogP contribution is 2.23. The van der Waals surface area contributed by atoms with Crippen LogP contribution >= 0.6 is 11.8 Å². The number of hydrogen-bond acceptors (Lipinski definition) is 4. The Hall–Kier alpha value is -0.610. The Morgan fingerprint density at radius 2 is 2.05 bits per heavy atom. The van der Waals surface area contributed by atoms with Crippen LogP contribution in [0.5, 0.6) is 0 Å². The quantitative estimate of drug-likeness (QED) is 0.828. The van der Waals surface area contributed by atoms with Crippen molar-refractivity contribution in [3.8, 4) is 0 Å². The maximum Gasteiger partial charge on any atom is 0.115 e. The zero-order valence-corrected chi connectivity index (χ0v) is 13.3. The molecule has 3 nitrogen and oxygen atoms in total. The van der Waals surface area contributed by atoms with E-state index in [2.05, 4.69) is 48.0 Å². The van der Waals surface area contributed by atoms with Crippen LogP contribution in [0, 0.1) is 5.92 Å². The molecular weight excluding hydrogens is 254 g/mol. The smallest absolute Gasteiger partial charge is 0.115 e. The molecule has 1 aliphatic heterocycles. The van der Waals surface area contributed by atoms with Crippen LogP contribution in [0.2, 0.25) is 0 Å². The predicted octanol–water partition coefficient (Wildman–Crippen LogP) is 2.61. The fraction of sp³-hybridized carbons (Fsp3) is 0.733. The number of aromatic nitrogens is 2. The van der Waals surface area contributed by atoms with Crippen LogP contribution in [0.25, 0.3) is 0 Å². The fourth-order valence-corrected chi connectivity index (χ4v) is 2.86. The van der Waals surface area contributed by atoms with Gasteiger partial charge in [-0.1, -0.05) is 20.8 Å². The van der Waals surface area contributed by atoms with Crippen LogP contribution in [0.15, 0.2) is 12.4 Å². The summed E-state index contributed by atoms with van der Waals surface area (Å²) in [6.07, 6.45) is 4.99. The van der Waals surface area contributed by atoms with Gasteiger partial charge in [0, 0.05) is 42.2 Å². The molecule has 1 aromatic rings. The number of likely N-dealkylation sites (tertiary alicyclic amines) is 1. The minimum absolute atomic E-state index is 0.113. The molecule has 0 bridgehead atoms. The molecule has 1 aromatic heterocycles. The van der Waals surface area contributed by atoms with Gasteiger partial charge in [0.1, 0.15) is 6.33 Å². The van der Waals surface area contributed by atoms with Crippen molar-refractivity contribution in [1.82, 2.24) is 14.9 Å². The zero-order chi connectivity index (χ0) is 13.9. The second kappa shape index (κ2) is 6.23. The van der Waals surface area contributed by atoms with Gasteiger partial charge in [0.05, 0.1) is 0 Å².